The molecular weight excluding hydrogens is 348 g/mol. The molecule has 1 unspecified atom stereocenters. The number of methoxy groups -OCH3 is 1. The highest BCUT2D eigenvalue weighted by atomic mass is 32.2. The van der Waals surface area contributed by atoms with E-state index in [1.807, 2.05) is 23.9 Å². The van der Waals surface area contributed by atoms with Gasteiger partial charge in [0.1, 0.15) is 5.75 Å². The van der Waals surface area contributed by atoms with Crippen molar-refractivity contribution < 1.29 is 9.84 Å². The third kappa shape index (κ3) is 4.76. The van der Waals surface area contributed by atoms with E-state index in [9.17, 15) is 5.11 Å². The van der Waals surface area contributed by atoms with Crippen LogP contribution in [0.25, 0.3) is 0 Å². The molecule has 0 bridgehead atoms. The Morgan fingerprint density at radius 3 is 2.58 bits per heavy atom. The summed E-state index contributed by atoms with van der Waals surface area (Å²) in [4.78, 5) is 9.43. The molecule has 1 aromatic carbocycles. The number of hydrogen-bond acceptors (Lipinski definition) is 5. The first-order valence-corrected chi connectivity index (χ1v) is 10.5. The smallest absolute Gasteiger partial charge is 0.194 e. The molecule has 0 aliphatic carbocycles. The minimum atomic E-state index is -0.629. The Balaban J connectivity index is 1.58. The fourth-order valence-corrected chi connectivity index (χ4v) is 4.62. The Labute approximate surface area is 160 Å². The molecule has 0 amide bonds. The lowest BCUT2D eigenvalue weighted by molar-refractivity contribution is 0.0775. The van der Waals surface area contributed by atoms with Gasteiger partial charge in [-0.1, -0.05) is 0 Å². The van der Waals surface area contributed by atoms with Crippen molar-refractivity contribution in [3.05, 3.63) is 24.3 Å². The van der Waals surface area contributed by atoms with E-state index in [1.165, 1.54) is 5.69 Å². The summed E-state index contributed by atoms with van der Waals surface area (Å²) in [6.07, 6.45) is 0.839. The van der Waals surface area contributed by atoms with Crippen molar-refractivity contribution in [1.29, 1.82) is 0 Å². The van der Waals surface area contributed by atoms with E-state index < -0.39 is 5.60 Å². The second kappa shape index (κ2) is 8.86. The Morgan fingerprint density at radius 2 is 2.00 bits per heavy atom. The van der Waals surface area contributed by atoms with E-state index in [1.54, 1.807) is 7.11 Å². The molecule has 2 heterocycles. The van der Waals surface area contributed by atoms with Crippen molar-refractivity contribution in [1.82, 2.24) is 10.2 Å². The van der Waals surface area contributed by atoms with Crippen molar-refractivity contribution in [2.24, 2.45) is 4.99 Å². The number of benzene rings is 1. The summed E-state index contributed by atoms with van der Waals surface area (Å²) in [5.41, 5.74) is 0.598. The molecule has 3 rings (SSSR count). The number of ether oxygens (including phenoxy) is 1. The van der Waals surface area contributed by atoms with Crippen LogP contribution in [0, 0.1) is 0 Å². The summed E-state index contributed by atoms with van der Waals surface area (Å²) in [6.45, 7) is 7.17. The van der Waals surface area contributed by atoms with Gasteiger partial charge in [0.05, 0.1) is 19.3 Å². The summed E-state index contributed by atoms with van der Waals surface area (Å²) in [5, 5.41) is 13.9. The lowest BCUT2D eigenvalue weighted by Crippen LogP contribution is -2.53. The largest absolute Gasteiger partial charge is 0.497 e. The number of nitrogens with zero attached hydrogens (tertiary/aromatic N) is 3. The van der Waals surface area contributed by atoms with Crippen molar-refractivity contribution in [3.63, 3.8) is 0 Å². The molecule has 2 aliphatic rings. The predicted molar refractivity (Wildman–Crippen MR) is 110 cm³/mol. The molecule has 2 aliphatic heterocycles. The third-order valence-corrected chi connectivity index (χ3v) is 6.19. The summed E-state index contributed by atoms with van der Waals surface area (Å²) in [7, 11) is 1.69. The molecule has 2 N–H and O–H groups in total. The summed E-state index contributed by atoms with van der Waals surface area (Å²) >= 11 is 1.81. The van der Waals surface area contributed by atoms with Crippen LogP contribution in [0.15, 0.2) is 29.3 Å². The fraction of sp³-hybridized carbons (Fsp3) is 0.632. The van der Waals surface area contributed by atoms with Gasteiger partial charge in [0, 0.05) is 44.2 Å². The van der Waals surface area contributed by atoms with Gasteiger partial charge in [0.15, 0.2) is 5.96 Å². The molecule has 0 aromatic heterocycles. The second-order valence-corrected chi connectivity index (χ2v) is 7.97. The third-order valence-electron chi connectivity index (χ3n) is 4.96. The molecular formula is C19H30N4O2S. The maximum Gasteiger partial charge on any atom is 0.194 e. The van der Waals surface area contributed by atoms with Crippen LogP contribution in [0.1, 0.15) is 13.3 Å². The Hall–Kier alpha value is -1.60. The average molecular weight is 379 g/mol. The molecule has 144 valence electrons. The van der Waals surface area contributed by atoms with Gasteiger partial charge in [-0.2, -0.15) is 11.8 Å². The van der Waals surface area contributed by atoms with Crippen LogP contribution >= 0.6 is 11.8 Å². The molecule has 1 atom stereocenters. The lowest BCUT2D eigenvalue weighted by Gasteiger charge is -2.38. The first kappa shape index (κ1) is 19.2. The normalized spacial score (nSPS) is 24.0. The molecule has 7 heteroatoms. The maximum atomic E-state index is 10.5. The van der Waals surface area contributed by atoms with E-state index in [-0.39, 0.29) is 0 Å². The van der Waals surface area contributed by atoms with Gasteiger partial charge in [-0.25, -0.2) is 0 Å². The van der Waals surface area contributed by atoms with Crippen molar-refractivity contribution >= 4 is 23.4 Å². The zero-order valence-electron chi connectivity index (χ0n) is 15.8. The fourth-order valence-electron chi connectivity index (χ4n) is 3.34. The minimum Gasteiger partial charge on any atom is -0.497 e. The number of thioether (sulfide) groups is 1. The van der Waals surface area contributed by atoms with Gasteiger partial charge in [0.2, 0.25) is 0 Å². The first-order chi connectivity index (χ1) is 12.6. The van der Waals surface area contributed by atoms with E-state index in [0.717, 1.165) is 62.4 Å². The zero-order valence-corrected chi connectivity index (χ0v) is 16.6. The number of nitrogens with one attached hydrogen (secondary N) is 1. The highest BCUT2D eigenvalue weighted by Gasteiger charge is 2.32. The summed E-state index contributed by atoms with van der Waals surface area (Å²) < 4.78 is 5.24. The van der Waals surface area contributed by atoms with Crippen molar-refractivity contribution in [2.75, 3.05) is 62.8 Å². The molecule has 26 heavy (non-hydrogen) atoms. The average Bonchev–Trinajstić information content (AvgIpc) is 3.12. The van der Waals surface area contributed by atoms with Crippen LogP contribution in [-0.4, -0.2) is 79.5 Å². The quantitative estimate of drug-likeness (QED) is 0.600. The van der Waals surface area contributed by atoms with Crippen LogP contribution in [0.3, 0.4) is 0 Å². The maximum absolute atomic E-state index is 10.5. The van der Waals surface area contributed by atoms with Crippen LogP contribution in [0.4, 0.5) is 5.69 Å². The number of anilines is 1. The van der Waals surface area contributed by atoms with Gasteiger partial charge < -0.3 is 25.0 Å². The second-order valence-electron chi connectivity index (χ2n) is 6.87. The van der Waals surface area contributed by atoms with Gasteiger partial charge >= 0.3 is 0 Å². The van der Waals surface area contributed by atoms with E-state index in [0.29, 0.717) is 6.54 Å². The first-order valence-electron chi connectivity index (χ1n) is 9.36. The van der Waals surface area contributed by atoms with Crippen LogP contribution in [0.2, 0.25) is 0 Å². The van der Waals surface area contributed by atoms with Crippen molar-refractivity contribution in [2.45, 2.75) is 18.9 Å². The Bertz CT molecular complexity index is 594. The van der Waals surface area contributed by atoms with E-state index >= 15 is 0 Å². The molecule has 0 spiro atoms. The van der Waals surface area contributed by atoms with Crippen LogP contribution in [0.5, 0.6) is 5.75 Å². The predicted octanol–water partition coefficient (Wildman–Crippen LogP) is 1.65. The number of aliphatic imine (C=N–C) groups is 1. The summed E-state index contributed by atoms with van der Waals surface area (Å²) in [5.74, 6) is 3.63. The summed E-state index contributed by atoms with van der Waals surface area (Å²) in [6, 6.07) is 8.24. The Kier molecular flexibility index (Phi) is 6.53. The Morgan fingerprint density at radius 1 is 1.27 bits per heavy atom. The molecule has 0 radical (unpaired) electrons. The van der Waals surface area contributed by atoms with E-state index in [2.05, 4.69) is 34.2 Å². The molecule has 2 fully saturated rings. The molecule has 0 saturated carbocycles. The zero-order chi connectivity index (χ0) is 18.4. The van der Waals surface area contributed by atoms with Gasteiger partial charge in [0.25, 0.3) is 0 Å². The topological polar surface area (TPSA) is 60.3 Å². The highest BCUT2D eigenvalue weighted by molar-refractivity contribution is 7.99. The highest BCUT2D eigenvalue weighted by Crippen LogP contribution is 2.28. The monoisotopic (exact) mass is 378 g/mol. The molecule has 6 nitrogen and oxygen atoms in total. The standard InChI is InChI=1S/C19H30N4O2S/c1-3-20-18(21-14-19(24)8-13-26-15-19)23-11-9-22(10-12-23)16-4-6-17(25-2)7-5-16/h4-7,24H,3,8-15H2,1-2H3,(H,20,21). The van der Waals surface area contributed by atoms with Crippen LogP contribution in [-0.2, 0) is 0 Å². The van der Waals surface area contributed by atoms with Gasteiger partial charge in [-0.05, 0) is 43.4 Å². The number of rotatable bonds is 5. The number of guanidine groups is 1. The SMILES string of the molecule is CCNC(=NCC1(O)CCSC1)N1CCN(c2ccc(OC)cc2)CC1. The number of piperazine rings is 1. The molecule has 1 aromatic rings. The van der Waals surface area contributed by atoms with Crippen molar-refractivity contribution in [3.8, 4) is 5.75 Å². The lowest BCUT2D eigenvalue weighted by atomic mass is 10.0. The van der Waals surface area contributed by atoms with E-state index in [4.69, 9.17) is 9.73 Å². The number of aliphatic hydroxyl groups is 1. The minimum absolute atomic E-state index is 0.487. The number of hydrogen-bond donors (Lipinski definition) is 2. The van der Waals surface area contributed by atoms with Crippen LogP contribution < -0.4 is 15.0 Å². The van der Waals surface area contributed by atoms with Gasteiger partial charge in [-0.3, -0.25) is 4.99 Å². The van der Waals surface area contributed by atoms with Gasteiger partial charge in [-0.15, -0.1) is 0 Å². The molecule has 2 saturated heterocycles.